The molecule has 0 aliphatic carbocycles. The molecular weight excluding hydrogens is 454 g/mol. The van der Waals surface area contributed by atoms with Crippen molar-refractivity contribution in [3.05, 3.63) is 25.3 Å². The van der Waals surface area contributed by atoms with Crippen LogP contribution in [0.25, 0.3) is 0 Å². The SMILES string of the molecule is C=CC(=O)OCCCCOC(=O)CCCC(C)(C)CC(C)CNC(=O)OCCCCOC(=O)C=C. The molecule has 35 heavy (non-hydrogen) atoms. The Morgan fingerprint density at radius 1 is 0.800 bits per heavy atom. The Hall–Kier alpha value is -2.84. The Kier molecular flexibility index (Phi) is 17.9. The van der Waals surface area contributed by atoms with E-state index in [1.807, 2.05) is 0 Å². The van der Waals surface area contributed by atoms with E-state index in [2.05, 4.69) is 39.2 Å². The summed E-state index contributed by atoms with van der Waals surface area (Å²) in [5.74, 6) is -0.886. The summed E-state index contributed by atoms with van der Waals surface area (Å²) in [7, 11) is 0. The fourth-order valence-corrected chi connectivity index (χ4v) is 3.43. The average Bonchev–Trinajstić information content (AvgIpc) is 2.81. The number of amides is 1. The van der Waals surface area contributed by atoms with E-state index in [0.717, 1.165) is 31.4 Å². The summed E-state index contributed by atoms with van der Waals surface area (Å²) in [5, 5.41) is 2.78. The molecular formula is C26H43NO8. The van der Waals surface area contributed by atoms with Gasteiger partial charge in [0.1, 0.15) is 0 Å². The molecule has 200 valence electrons. The highest BCUT2D eigenvalue weighted by Crippen LogP contribution is 2.31. The maximum Gasteiger partial charge on any atom is 0.407 e. The van der Waals surface area contributed by atoms with Crippen molar-refractivity contribution < 1.29 is 38.1 Å². The molecule has 0 saturated heterocycles. The van der Waals surface area contributed by atoms with Gasteiger partial charge in [0, 0.05) is 25.1 Å². The second-order valence-electron chi connectivity index (χ2n) is 9.22. The Labute approximate surface area is 209 Å². The molecule has 0 aromatic rings. The molecule has 0 bridgehead atoms. The summed E-state index contributed by atoms with van der Waals surface area (Å²) in [5.41, 5.74) is 0.0170. The first-order valence-corrected chi connectivity index (χ1v) is 12.2. The van der Waals surface area contributed by atoms with Crippen molar-refractivity contribution in [3.8, 4) is 0 Å². The van der Waals surface area contributed by atoms with Gasteiger partial charge in [-0.15, -0.1) is 0 Å². The second-order valence-corrected chi connectivity index (χ2v) is 9.22. The third-order valence-corrected chi connectivity index (χ3v) is 5.13. The summed E-state index contributed by atoms with van der Waals surface area (Å²) < 4.78 is 20.1. The van der Waals surface area contributed by atoms with Crippen molar-refractivity contribution in [3.63, 3.8) is 0 Å². The van der Waals surface area contributed by atoms with Gasteiger partial charge >= 0.3 is 24.0 Å². The highest BCUT2D eigenvalue weighted by Gasteiger charge is 2.22. The number of unbranched alkanes of at least 4 members (excludes halogenated alkanes) is 2. The zero-order valence-corrected chi connectivity index (χ0v) is 21.6. The van der Waals surface area contributed by atoms with Crippen LogP contribution in [0.3, 0.4) is 0 Å². The summed E-state index contributed by atoms with van der Waals surface area (Å²) in [6.45, 7) is 14.6. The van der Waals surface area contributed by atoms with Crippen LogP contribution in [0.4, 0.5) is 4.79 Å². The first kappa shape index (κ1) is 32.2. The van der Waals surface area contributed by atoms with E-state index in [4.69, 9.17) is 18.9 Å². The van der Waals surface area contributed by atoms with Crippen molar-refractivity contribution in [2.24, 2.45) is 11.3 Å². The van der Waals surface area contributed by atoms with Crippen LogP contribution >= 0.6 is 0 Å². The minimum absolute atomic E-state index is 0.0170. The molecule has 0 aliphatic rings. The van der Waals surface area contributed by atoms with E-state index in [1.54, 1.807) is 0 Å². The zero-order chi connectivity index (χ0) is 26.5. The van der Waals surface area contributed by atoms with Gasteiger partial charge in [-0.05, 0) is 56.3 Å². The first-order chi connectivity index (χ1) is 16.6. The Morgan fingerprint density at radius 3 is 1.80 bits per heavy atom. The molecule has 1 N–H and O–H groups in total. The highest BCUT2D eigenvalue weighted by molar-refractivity contribution is 5.81. The topological polar surface area (TPSA) is 117 Å². The standard InChI is InChI=1S/C26H43NO8/c1-6-22(28)32-15-8-9-17-34-24(30)13-12-14-26(4,5)19-21(3)20-27-25(31)35-18-11-10-16-33-23(29)7-2/h6-7,21H,1-2,8-20H2,3-5H3,(H,27,31). The number of esters is 3. The van der Waals surface area contributed by atoms with Gasteiger partial charge in [0.25, 0.3) is 0 Å². The van der Waals surface area contributed by atoms with Crippen LogP contribution < -0.4 is 5.32 Å². The van der Waals surface area contributed by atoms with Crippen LogP contribution in [0.15, 0.2) is 25.3 Å². The molecule has 1 unspecified atom stereocenters. The Morgan fingerprint density at radius 2 is 1.29 bits per heavy atom. The third kappa shape index (κ3) is 20.3. The first-order valence-electron chi connectivity index (χ1n) is 12.2. The lowest BCUT2D eigenvalue weighted by Gasteiger charge is -2.28. The lowest BCUT2D eigenvalue weighted by Crippen LogP contribution is -2.31. The minimum Gasteiger partial charge on any atom is -0.466 e. The van der Waals surface area contributed by atoms with Crippen LogP contribution in [0.1, 0.15) is 72.1 Å². The monoisotopic (exact) mass is 497 g/mol. The van der Waals surface area contributed by atoms with Gasteiger partial charge in [-0.1, -0.05) is 33.9 Å². The second kappa shape index (κ2) is 19.5. The summed E-state index contributed by atoms with van der Waals surface area (Å²) >= 11 is 0. The molecule has 0 heterocycles. The maximum atomic E-state index is 11.9. The van der Waals surface area contributed by atoms with Crippen LogP contribution in [-0.4, -0.2) is 57.0 Å². The number of ether oxygens (including phenoxy) is 4. The molecule has 0 aliphatic heterocycles. The van der Waals surface area contributed by atoms with Crippen molar-refractivity contribution >= 4 is 24.0 Å². The Balaban J connectivity index is 3.83. The van der Waals surface area contributed by atoms with Gasteiger partial charge in [0.2, 0.25) is 0 Å². The molecule has 9 nitrogen and oxygen atoms in total. The van der Waals surface area contributed by atoms with Crippen LogP contribution in [0.2, 0.25) is 0 Å². The van der Waals surface area contributed by atoms with Gasteiger partial charge in [-0.2, -0.15) is 0 Å². The molecule has 9 heteroatoms. The Bertz CT molecular complexity index is 674. The van der Waals surface area contributed by atoms with Gasteiger partial charge in [0.05, 0.1) is 26.4 Å². The van der Waals surface area contributed by atoms with Crippen molar-refractivity contribution in [2.45, 2.75) is 72.1 Å². The van der Waals surface area contributed by atoms with E-state index >= 15 is 0 Å². The number of hydrogen-bond donors (Lipinski definition) is 1. The molecule has 0 rings (SSSR count). The fraction of sp³-hybridized carbons (Fsp3) is 0.692. The molecule has 0 radical (unpaired) electrons. The number of carbonyl (C=O) groups is 4. The molecule has 1 atom stereocenters. The predicted octanol–water partition coefficient (Wildman–Crippen LogP) is 4.50. The zero-order valence-electron chi connectivity index (χ0n) is 21.6. The molecule has 0 aromatic heterocycles. The van der Waals surface area contributed by atoms with Crippen LogP contribution in [-0.2, 0) is 33.3 Å². The van der Waals surface area contributed by atoms with E-state index < -0.39 is 18.0 Å². The van der Waals surface area contributed by atoms with E-state index in [1.165, 1.54) is 0 Å². The van der Waals surface area contributed by atoms with Gasteiger partial charge in [-0.25, -0.2) is 14.4 Å². The average molecular weight is 498 g/mol. The van der Waals surface area contributed by atoms with E-state index in [0.29, 0.717) is 45.3 Å². The number of rotatable bonds is 20. The predicted molar refractivity (Wildman–Crippen MR) is 133 cm³/mol. The van der Waals surface area contributed by atoms with E-state index in [9.17, 15) is 19.2 Å². The third-order valence-electron chi connectivity index (χ3n) is 5.13. The lowest BCUT2D eigenvalue weighted by atomic mass is 9.79. The van der Waals surface area contributed by atoms with Gasteiger partial charge in [0.15, 0.2) is 0 Å². The lowest BCUT2D eigenvalue weighted by molar-refractivity contribution is -0.144. The summed E-state index contributed by atoms with van der Waals surface area (Å²) in [6.07, 6.45) is 7.10. The molecule has 0 spiro atoms. The quantitative estimate of drug-likeness (QED) is 0.113. The van der Waals surface area contributed by atoms with Gasteiger partial charge in [-0.3, -0.25) is 4.79 Å². The highest BCUT2D eigenvalue weighted by atomic mass is 16.6. The number of alkyl carbamates (subject to hydrolysis) is 1. The fourth-order valence-electron chi connectivity index (χ4n) is 3.43. The number of hydrogen-bond acceptors (Lipinski definition) is 8. The maximum absolute atomic E-state index is 11.9. The van der Waals surface area contributed by atoms with Crippen LogP contribution in [0, 0.1) is 11.3 Å². The van der Waals surface area contributed by atoms with Crippen molar-refractivity contribution in [1.82, 2.24) is 5.32 Å². The number of carbonyl (C=O) groups excluding carboxylic acids is 4. The number of nitrogens with one attached hydrogen (secondary N) is 1. The van der Waals surface area contributed by atoms with E-state index in [-0.39, 0.29) is 37.1 Å². The summed E-state index contributed by atoms with van der Waals surface area (Å²) in [6, 6.07) is 0. The smallest absolute Gasteiger partial charge is 0.407 e. The molecule has 0 fully saturated rings. The molecule has 0 aromatic carbocycles. The van der Waals surface area contributed by atoms with Crippen LogP contribution in [0.5, 0.6) is 0 Å². The summed E-state index contributed by atoms with van der Waals surface area (Å²) in [4.78, 5) is 45.5. The van der Waals surface area contributed by atoms with Crippen molar-refractivity contribution in [2.75, 3.05) is 33.0 Å². The molecule has 1 amide bonds. The normalized spacial score (nSPS) is 11.6. The van der Waals surface area contributed by atoms with Gasteiger partial charge < -0.3 is 24.3 Å². The minimum atomic E-state index is -0.460. The molecule has 0 saturated carbocycles. The van der Waals surface area contributed by atoms with Crippen molar-refractivity contribution in [1.29, 1.82) is 0 Å². The largest absolute Gasteiger partial charge is 0.466 e.